The summed E-state index contributed by atoms with van der Waals surface area (Å²) in [5.74, 6) is -1.76. The molecule has 1 aliphatic heterocycles. The van der Waals surface area contributed by atoms with Crippen molar-refractivity contribution in [1.29, 1.82) is 0 Å². The van der Waals surface area contributed by atoms with Gasteiger partial charge in [0.15, 0.2) is 24.6 Å². The van der Waals surface area contributed by atoms with E-state index in [0.29, 0.717) is 11.9 Å². The van der Waals surface area contributed by atoms with Crippen LogP contribution in [0.5, 0.6) is 0 Å². The Morgan fingerprint density at radius 1 is 0.913 bits per heavy atom. The van der Waals surface area contributed by atoms with E-state index in [1.54, 1.807) is 6.92 Å². The van der Waals surface area contributed by atoms with E-state index in [0.717, 1.165) is 0 Å². The molecule has 5 atom stereocenters. The molecule has 1 rings (SSSR count). The Hall–Kier alpha value is -1.19. The van der Waals surface area contributed by atoms with Crippen molar-refractivity contribution in [2.24, 2.45) is 0 Å². The second-order valence-corrected chi connectivity index (χ2v) is 5.78. The van der Waals surface area contributed by atoms with E-state index >= 15 is 0 Å². The Kier molecular flexibility index (Phi) is 7.93. The van der Waals surface area contributed by atoms with Gasteiger partial charge in [-0.05, 0) is 6.92 Å². The molecule has 1 fully saturated rings. The first-order valence-electron chi connectivity index (χ1n) is 7.11. The molecule has 0 aromatic heterocycles. The molecule has 0 aromatic rings. The van der Waals surface area contributed by atoms with Gasteiger partial charge in [0.1, 0.15) is 0 Å². The van der Waals surface area contributed by atoms with Gasteiger partial charge in [0.25, 0.3) is 0 Å². The lowest BCUT2D eigenvalue weighted by Crippen LogP contribution is -2.61. The highest BCUT2D eigenvalue weighted by atomic mass is 79.9. The number of halogens is 1. The number of carbonyl (C=O) groups is 3. The predicted molar refractivity (Wildman–Crippen MR) is 80.7 cm³/mol. The first-order valence-corrected chi connectivity index (χ1v) is 8.23. The second kappa shape index (κ2) is 9.19. The molecular weight excluding hydrogens is 376 g/mol. The zero-order valence-electron chi connectivity index (χ0n) is 13.4. The molecule has 0 saturated carbocycles. The van der Waals surface area contributed by atoms with E-state index in [4.69, 9.17) is 23.7 Å². The third-order valence-electron chi connectivity index (χ3n) is 2.99. The van der Waals surface area contributed by atoms with Crippen LogP contribution in [0.2, 0.25) is 0 Å². The fraction of sp³-hybridized carbons (Fsp3) is 0.786. The minimum Gasteiger partial charge on any atom is -0.456 e. The number of ether oxygens (including phenoxy) is 5. The molecule has 0 amide bonds. The summed E-state index contributed by atoms with van der Waals surface area (Å²) >= 11 is 3.22. The van der Waals surface area contributed by atoms with Crippen molar-refractivity contribution in [2.45, 2.75) is 58.4 Å². The average molecular weight is 397 g/mol. The summed E-state index contributed by atoms with van der Waals surface area (Å²) in [5.41, 5.74) is 0. The highest BCUT2D eigenvalue weighted by Gasteiger charge is 2.50. The van der Waals surface area contributed by atoms with Gasteiger partial charge in [-0.3, -0.25) is 14.4 Å². The summed E-state index contributed by atoms with van der Waals surface area (Å²) < 4.78 is 26.8. The van der Waals surface area contributed by atoms with Crippen molar-refractivity contribution in [3.05, 3.63) is 0 Å². The fourth-order valence-corrected chi connectivity index (χ4v) is 2.45. The van der Waals surface area contributed by atoms with Crippen LogP contribution in [0.25, 0.3) is 0 Å². The van der Waals surface area contributed by atoms with E-state index in [1.807, 2.05) is 0 Å². The Balaban J connectivity index is 3.08. The molecule has 23 heavy (non-hydrogen) atoms. The van der Waals surface area contributed by atoms with Crippen molar-refractivity contribution in [3.8, 4) is 0 Å². The van der Waals surface area contributed by atoms with Crippen LogP contribution in [0.4, 0.5) is 0 Å². The van der Waals surface area contributed by atoms with E-state index in [-0.39, 0.29) is 0 Å². The van der Waals surface area contributed by atoms with Crippen LogP contribution < -0.4 is 0 Å². The number of hydrogen-bond acceptors (Lipinski definition) is 8. The third kappa shape index (κ3) is 6.08. The zero-order chi connectivity index (χ0) is 17.6. The molecule has 5 unspecified atom stereocenters. The summed E-state index contributed by atoms with van der Waals surface area (Å²) in [4.78, 5) is 34.1. The summed E-state index contributed by atoms with van der Waals surface area (Å²) in [6, 6.07) is 0. The number of hydrogen-bond donors (Lipinski definition) is 0. The third-order valence-corrected chi connectivity index (χ3v) is 3.32. The standard InChI is InChI=1S/C14H21BrO8/c1-7-11(21-8(2)16)12(22-9(3)17)13(23-10(4)18)14(20-7)19-6-5-15/h7,11-14H,5-6H2,1-4H3. The summed E-state index contributed by atoms with van der Waals surface area (Å²) in [6.07, 6.45) is -4.54. The molecular formula is C14H21BrO8. The van der Waals surface area contributed by atoms with Gasteiger partial charge in [-0.2, -0.15) is 0 Å². The van der Waals surface area contributed by atoms with Crippen LogP contribution in [0, 0.1) is 0 Å². The number of esters is 3. The van der Waals surface area contributed by atoms with Gasteiger partial charge in [0.2, 0.25) is 0 Å². The first kappa shape index (κ1) is 19.9. The van der Waals surface area contributed by atoms with Gasteiger partial charge in [-0.15, -0.1) is 0 Å². The van der Waals surface area contributed by atoms with Gasteiger partial charge in [-0.1, -0.05) is 15.9 Å². The molecule has 0 bridgehead atoms. The van der Waals surface area contributed by atoms with Crippen LogP contribution in [0.15, 0.2) is 0 Å². The van der Waals surface area contributed by atoms with Gasteiger partial charge < -0.3 is 23.7 Å². The topological polar surface area (TPSA) is 97.4 Å². The zero-order valence-corrected chi connectivity index (χ0v) is 15.0. The lowest BCUT2D eigenvalue weighted by Gasteiger charge is -2.43. The van der Waals surface area contributed by atoms with Crippen molar-refractivity contribution >= 4 is 33.8 Å². The molecule has 1 aliphatic rings. The van der Waals surface area contributed by atoms with Crippen molar-refractivity contribution in [1.82, 2.24) is 0 Å². The molecule has 0 aromatic carbocycles. The van der Waals surface area contributed by atoms with Crippen LogP contribution in [-0.4, -0.2) is 60.6 Å². The Morgan fingerprint density at radius 3 is 1.87 bits per heavy atom. The molecule has 0 N–H and O–H groups in total. The average Bonchev–Trinajstić information content (AvgIpc) is 2.42. The van der Waals surface area contributed by atoms with Gasteiger partial charge >= 0.3 is 17.9 Å². The maximum atomic E-state index is 11.4. The highest BCUT2D eigenvalue weighted by Crippen LogP contribution is 2.29. The van der Waals surface area contributed by atoms with Gasteiger partial charge in [-0.25, -0.2) is 0 Å². The van der Waals surface area contributed by atoms with E-state index in [9.17, 15) is 14.4 Å². The normalized spacial score (nSPS) is 30.4. The molecule has 9 heteroatoms. The summed E-state index contributed by atoms with van der Waals surface area (Å²) in [5, 5.41) is 0.541. The van der Waals surface area contributed by atoms with Gasteiger partial charge in [0, 0.05) is 26.1 Å². The largest absolute Gasteiger partial charge is 0.456 e. The van der Waals surface area contributed by atoms with E-state index in [2.05, 4.69) is 15.9 Å². The van der Waals surface area contributed by atoms with Crippen LogP contribution in [0.1, 0.15) is 27.7 Å². The minimum atomic E-state index is -1.05. The maximum absolute atomic E-state index is 11.4. The Labute approximate surface area is 142 Å². The SMILES string of the molecule is CC(=O)OC1C(C)OC(OCCBr)C(OC(C)=O)C1OC(C)=O. The fourth-order valence-electron chi connectivity index (χ4n) is 2.26. The van der Waals surface area contributed by atoms with Gasteiger partial charge in [0.05, 0.1) is 12.7 Å². The van der Waals surface area contributed by atoms with Crippen LogP contribution in [-0.2, 0) is 38.1 Å². The molecule has 1 saturated heterocycles. The maximum Gasteiger partial charge on any atom is 0.303 e. The highest BCUT2D eigenvalue weighted by molar-refractivity contribution is 9.09. The quantitative estimate of drug-likeness (QED) is 0.371. The molecule has 0 aliphatic carbocycles. The number of carbonyl (C=O) groups excluding carboxylic acids is 3. The predicted octanol–water partition coefficient (Wildman–Crippen LogP) is 0.938. The second-order valence-electron chi connectivity index (χ2n) is 4.99. The minimum absolute atomic E-state index is 0.292. The summed E-state index contributed by atoms with van der Waals surface area (Å²) in [6.45, 7) is 5.60. The Bertz CT molecular complexity index is 440. The molecule has 0 radical (unpaired) electrons. The summed E-state index contributed by atoms with van der Waals surface area (Å²) in [7, 11) is 0. The van der Waals surface area contributed by atoms with Crippen LogP contribution >= 0.6 is 15.9 Å². The van der Waals surface area contributed by atoms with Crippen molar-refractivity contribution in [2.75, 3.05) is 11.9 Å². The van der Waals surface area contributed by atoms with E-state index < -0.39 is 48.6 Å². The van der Waals surface area contributed by atoms with Crippen LogP contribution in [0.3, 0.4) is 0 Å². The first-order chi connectivity index (χ1) is 10.8. The lowest BCUT2D eigenvalue weighted by molar-refractivity contribution is -0.299. The monoisotopic (exact) mass is 396 g/mol. The van der Waals surface area contributed by atoms with Crippen molar-refractivity contribution in [3.63, 3.8) is 0 Å². The van der Waals surface area contributed by atoms with E-state index in [1.165, 1.54) is 20.8 Å². The van der Waals surface area contributed by atoms with Crippen molar-refractivity contribution < 1.29 is 38.1 Å². The number of alkyl halides is 1. The lowest BCUT2D eigenvalue weighted by atomic mass is 9.99. The number of rotatable bonds is 6. The molecule has 0 spiro atoms. The Morgan fingerprint density at radius 2 is 1.39 bits per heavy atom. The molecule has 8 nitrogen and oxygen atoms in total. The molecule has 1 heterocycles. The molecule has 132 valence electrons. The smallest absolute Gasteiger partial charge is 0.303 e.